The molecule has 3 aromatic rings. The zero-order valence-corrected chi connectivity index (χ0v) is 23.5. The first-order valence-electron chi connectivity index (χ1n) is 13.7. The van der Waals surface area contributed by atoms with Crippen molar-refractivity contribution in [2.75, 3.05) is 44.2 Å². The van der Waals surface area contributed by atoms with E-state index in [1.165, 1.54) is 0 Å². The van der Waals surface area contributed by atoms with Gasteiger partial charge in [-0.25, -0.2) is 4.79 Å². The van der Waals surface area contributed by atoms with Crippen LogP contribution in [0.5, 0.6) is 17.2 Å². The van der Waals surface area contributed by atoms with E-state index in [1.807, 2.05) is 50.4 Å². The van der Waals surface area contributed by atoms with Crippen molar-refractivity contribution in [3.63, 3.8) is 0 Å². The topological polar surface area (TPSA) is 113 Å². The third-order valence-corrected chi connectivity index (χ3v) is 7.34. The number of urea groups is 1. The highest BCUT2D eigenvalue weighted by Gasteiger charge is 2.33. The van der Waals surface area contributed by atoms with Gasteiger partial charge in [0.2, 0.25) is 6.79 Å². The number of ether oxygens (including phenoxy) is 3. The molecule has 3 N–H and O–H groups in total. The van der Waals surface area contributed by atoms with Crippen molar-refractivity contribution >= 4 is 23.3 Å². The lowest BCUT2D eigenvalue weighted by atomic mass is 9.99. The molecule has 3 aromatic carbocycles. The fourth-order valence-corrected chi connectivity index (χ4v) is 5.06. The highest BCUT2D eigenvalue weighted by atomic mass is 16.7. The van der Waals surface area contributed by atoms with Crippen molar-refractivity contribution in [1.82, 2.24) is 9.80 Å². The van der Waals surface area contributed by atoms with E-state index in [1.54, 1.807) is 35.2 Å². The number of aliphatic hydroxyl groups excluding tert-OH is 1. The van der Waals surface area contributed by atoms with Gasteiger partial charge in [0.15, 0.2) is 11.5 Å². The Labute approximate surface area is 239 Å². The quantitative estimate of drug-likeness (QED) is 0.374. The summed E-state index contributed by atoms with van der Waals surface area (Å²) in [5.41, 5.74) is 2.53. The maximum Gasteiger partial charge on any atom is 0.323 e. The van der Waals surface area contributed by atoms with E-state index in [0.29, 0.717) is 42.3 Å². The summed E-state index contributed by atoms with van der Waals surface area (Å²) in [7, 11) is 2.03. The van der Waals surface area contributed by atoms with Gasteiger partial charge in [-0.15, -0.1) is 0 Å². The maximum atomic E-state index is 13.7. The first kappa shape index (κ1) is 28.3. The Hall–Kier alpha value is -4.28. The van der Waals surface area contributed by atoms with Crippen LogP contribution >= 0.6 is 0 Å². The average molecular weight is 561 g/mol. The molecule has 5 rings (SSSR count). The Bertz CT molecular complexity index is 1380. The second-order valence-corrected chi connectivity index (χ2v) is 10.7. The van der Waals surface area contributed by atoms with Gasteiger partial charge in [-0.2, -0.15) is 0 Å². The normalized spacial score (nSPS) is 18.7. The van der Waals surface area contributed by atoms with E-state index >= 15 is 0 Å². The van der Waals surface area contributed by atoms with Gasteiger partial charge in [0, 0.05) is 36.9 Å². The minimum Gasteiger partial charge on any atom is -0.488 e. The van der Waals surface area contributed by atoms with Crippen LogP contribution in [0.1, 0.15) is 29.8 Å². The molecule has 0 radical (unpaired) electrons. The lowest BCUT2D eigenvalue weighted by Crippen LogP contribution is -2.49. The Morgan fingerprint density at radius 1 is 1.02 bits per heavy atom. The van der Waals surface area contributed by atoms with Gasteiger partial charge >= 0.3 is 6.03 Å². The van der Waals surface area contributed by atoms with Crippen LogP contribution in [0.25, 0.3) is 0 Å². The van der Waals surface area contributed by atoms with Crippen molar-refractivity contribution in [1.29, 1.82) is 0 Å². The lowest BCUT2D eigenvalue weighted by molar-refractivity contribution is 0.0341. The van der Waals surface area contributed by atoms with Crippen LogP contribution in [-0.4, -0.2) is 72.5 Å². The number of rotatable bonds is 8. The fourth-order valence-electron chi connectivity index (χ4n) is 5.06. The fraction of sp³-hybridized carbons (Fsp3) is 0.355. The van der Waals surface area contributed by atoms with Crippen molar-refractivity contribution in [2.24, 2.45) is 5.92 Å². The van der Waals surface area contributed by atoms with Crippen LogP contribution in [0.2, 0.25) is 0 Å². The van der Waals surface area contributed by atoms with Crippen molar-refractivity contribution in [3.8, 4) is 17.2 Å². The molecule has 0 spiro atoms. The molecule has 2 aliphatic rings. The highest BCUT2D eigenvalue weighted by molar-refractivity contribution is 6.02. The second kappa shape index (κ2) is 12.5. The molecule has 41 heavy (non-hydrogen) atoms. The molecule has 2 aliphatic heterocycles. The molecule has 0 fully saturated rings. The number of hydrogen-bond acceptors (Lipinski definition) is 7. The number of likely N-dealkylation sites (N-methyl/N-ethyl adjacent to an activating group) is 1. The molecule has 3 amide bonds. The van der Waals surface area contributed by atoms with Crippen LogP contribution in [-0.2, 0) is 6.54 Å². The highest BCUT2D eigenvalue weighted by Crippen LogP contribution is 2.33. The van der Waals surface area contributed by atoms with Crippen LogP contribution in [0.15, 0.2) is 66.7 Å². The monoisotopic (exact) mass is 560 g/mol. The lowest BCUT2D eigenvalue weighted by Gasteiger charge is -2.38. The third kappa shape index (κ3) is 6.72. The minimum absolute atomic E-state index is 0.0187. The molecule has 0 saturated carbocycles. The number of para-hydroxylation sites is 1. The van der Waals surface area contributed by atoms with E-state index in [9.17, 15) is 14.7 Å². The largest absolute Gasteiger partial charge is 0.488 e. The van der Waals surface area contributed by atoms with Gasteiger partial charge < -0.3 is 34.9 Å². The molecule has 216 valence electrons. The number of hydrogen-bond donors (Lipinski definition) is 3. The average Bonchev–Trinajstić information content (AvgIpc) is 3.43. The summed E-state index contributed by atoms with van der Waals surface area (Å²) >= 11 is 0. The molecule has 2 heterocycles. The van der Waals surface area contributed by atoms with Gasteiger partial charge in [0.05, 0.1) is 18.2 Å². The number of fused-ring (bicyclic) bond motifs is 2. The number of benzene rings is 3. The standard InChI is InChI=1S/C31H36N4O6/c1-20-15-35(21(2)18-36)30(37)25-14-24(33-31(38)32-23-7-5-4-6-8-23)10-12-26(25)41-29(20)17-34(3)16-22-9-11-27-28(13-22)40-19-39-27/h4-14,20-21,29,36H,15-19H2,1-3H3,(H2,32,33,38)/t20-,21-,29-/m0/s1. The Morgan fingerprint density at radius 3 is 2.54 bits per heavy atom. The molecular weight excluding hydrogens is 524 g/mol. The first-order valence-corrected chi connectivity index (χ1v) is 13.7. The minimum atomic E-state index is -0.424. The van der Waals surface area contributed by atoms with Gasteiger partial charge in [0.25, 0.3) is 5.91 Å². The number of amides is 3. The van der Waals surface area contributed by atoms with Gasteiger partial charge in [0.1, 0.15) is 11.9 Å². The molecule has 0 bridgehead atoms. The SMILES string of the molecule is C[C@H]1CN([C@@H](C)CO)C(=O)c2cc(NC(=O)Nc3ccccc3)ccc2O[C@H]1CN(C)Cc1ccc2c(c1)OCO2. The summed E-state index contributed by atoms with van der Waals surface area (Å²) in [4.78, 5) is 30.2. The van der Waals surface area contributed by atoms with E-state index in [-0.39, 0.29) is 37.4 Å². The van der Waals surface area contributed by atoms with Crippen LogP contribution in [0.3, 0.4) is 0 Å². The Kier molecular flexibility index (Phi) is 8.61. The van der Waals surface area contributed by atoms with E-state index in [2.05, 4.69) is 22.5 Å². The molecule has 0 unspecified atom stereocenters. The Morgan fingerprint density at radius 2 is 1.76 bits per heavy atom. The number of carbonyl (C=O) groups is 2. The first-order chi connectivity index (χ1) is 19.8. The molecular formula is C31H36N4O6. The van der Waals surface area contributed by atoms with Gasteiger partial charge in [-0.05, 0) is 62.0 Å². The summed E-state index contributed by atoms with van der Waals surface area (Å²) in [5, 5.41) is 15.5. The van der Waals surface area contributed by atoms with Gasteiger partial charge in [-0.1, -0.05) is 31.2 Å². The van der Waals surface area contributed by atoms with Crippen molar-refractivity contribution < 1.29 is 28.9 Å². The van der Waals surface area contributed by atoms with Crippen LogP contribution in [0.4, 0.5) is 16.2 Å². The summed E-state index contributed by atoms with van der Waals surface area (Å²) in [5.74, 6) is 1.66. The smallest absolute Gasteiger partial charge is 0.323 e. The molecule has 3 atom stereocenters. The van der Waals surface area contributed by atoms with E-state index < -0.39 is 6.03 Å². The summed E-state index contributed by atoms with van der Waals surface area (Å²) in [6.07, 6.45) is -0.241. The van der Waals surface area contributed by atoms with Crippen LogP contribution in [0, 0.1) is 5.92 Å². The molecule has 10 heteroatoms. The van der Waals surface area contributed by atoms with Gasteiger partial charge in [-0.3, -0.25) is 9.69 Å². The van der Waals surface area contributed by atoms with Crippen LogP contribution < -0.4 is 24.8 Å². The predicted octanol–water partition coefficient (Wildman–Crippen LogP) is 4.41. The zero-order chi connectivity index (χ0) is 28.9. The number of nitrogens with one attached hydrogen (secondary N) is 2. The van der Waals surface area contributed by atoms with E-state index in [4.69, 9.17) is 14.2 Å². The number of carbonyl (C=O) groups excluding carboxylic acids is 2. The van der Waals surface area contributed by atoms with E-state index in [0.717, 1.165) is 17.1 Å². The number of aliphatic hydroxyl groups is 1. The molecule has 0 aromatic heterocycles. The summed E-state index contributed by atoms with van der Waals surface area (Å²) < 4.78 is 17.4. The summed E-state index contributed by atoms with van der Waals surface area (Å²) in [6.45, 7) is 5.63. The summed E-state index contributed by atoms with van der Waals surface area (Å²) in [6, 6.07) is 19.3. The third-order valence-electron chi connectivity index (χ3n) is 7.34. The predicted molar refractivity (Wildman–Crippen MR) is 156 cm³/mol. The number of nitrogens with zero attached hydrogens (tertiary/aromatic N) is 2. The Balaban J connectivity index is 1.35. The van der Waals surface area contributed by atoms with Crippen molar-refractivity contribution in [2.45, 2.75) is 32.5 Å². The van der Waals surface area contributed by atoms with Crippen molar-refractivity contribution in [3.05, 3.63) is 77.9 Å². The second-order valence-electron chi connectivity index (χ2n) is 10.7. The molecule has 0 saturated heterocycles. The molecule has 0 aliphatic carbocycles. The molecule has 10 nitrogen and oxygen atoms in total. The zero-order valence-electron chi connectivity index (χ0n) is 23.5. The maximum absolute atomic E-state index is 13.7. The number of anilines is 2.